The van der Waals surface area contributed by atoms with Crippen molar-refractivity contribution < 1.29 is 62.9 Å². The van der Waals surface area contributed by atoms with Gasteiger partial charge in [-0.05, 0) is 34.4 Å². The largest absolute Gasteiger partial charge is 0.430 e. The van der Waals surface area contributed by atoms with Crippen LogP contribution in [0.25, 0.3) is 21.5 Å². The molecule has 0 spiro atoms. The molecule has 0 aliphatic carbocycles. The lowest BCUT2D eigenvalue weighted by atomic mass is 9.84. The van der Waals surface area contributed by atoms with Gasteiger partial charge in [-0.2, -0.15) is 52.7 Å². The summed E-state index contributed by atoms with van der Waals surface area (Å²) in [5, 5.41) is 16.7. The first-order valence-electron chi connectivity index (χ1n) is 9.27. The molecule has 36 heavy (non-hydrogen) atoms. The fourth-order valence-corrected chi connectivity index (χ4v) is 3.81. The number of benzene rings is 3. The molecule has 0 atom stereocenters. The highest BCUT2D eigenvalue weighted by Gasteiger charge is 2.73. The van der Waals surface area contributed by atoms with E-state index in [2.05, 4.69) is 0 Å². The molecule has 198 valence electrons. The fourth-order valence-electron chi connectivity index (χ4n) is 3.81. The van der Waals surface area contributed by atoms with E-state index in [4.69, 9.17) is 11.5 Å². The van der Waals surface area contributed by atoms with Gasteiger partial charge in [0.1, 0.15) is 0 Å². The molecule has 3 aromatic carbocycles. The van der Waals surface area contributed by atoms with Crippen LogP contribution in [-0.2, 0) is 11.2 Å². The van der Waals surface area contributed by atoms with Crippen LogP contribution < -0.4 is 11.5 Å². The summed E-state index contributed by atoms with van der Waals surface area (Å²) in [4.78, 5) is 0. The molecule has 0 saturated heterocycles. The van der Waals surface area contributed by atoms with E-state index in [0.717, 1.165) is 6.07 Å². The number of alkyl halides is 12. The number of halogens is 12. The third-order valence-corrected chi connectivity index (χ3v) is 5.62. The first kappa shape index (κ1) is 27.4. The molecule has 0 fully saturated rings. The number of nitrogens with two attached hydrogens (primary N) is 2. The van der Waals surface area contributed by atoms with Crippen molar-refractivity contribution in [3.63, 3.8) is 0 Å². The average molecular weight is 540 g/mol. The van der Waals surface area contributed by atoms with Crippen molar-refractivity contribution in [2.24, 2.45) is 0 Å². The molecule has 3 aromatic rings. The molecule has 0 bridgehead atoms. The van der Waals surface area contributed by atoms with Gasteiger partial charge in [-0.15, -0.1) is 0 Å². The summed E-state index contributed by atoms with van der Waals surface area (Å²) in [6.07, 6.45) is -25.3. The van der Waals surface area contributed by atoms with E-state index in [1.807, 2.05) is 0 Å². The minimum absolute atomic E-state index is 0.0795. The third-order valence-electron chi connectivity index (χ3n) is 5.62. The summed E-state index contributed by atoms with van der Waals surface area (Å²) in [7, 11) is 0. The Bertz CT molecular complexity index is 1310. The first-order valence-corrected chi connectivity index (χ1v) is 9.27. The highest BCUT2D eigenvalue weighted by atomic mass is 19.4. The second kappa shape index (κ2) is 7.68. The minimum Gasteiger partial charge on any atom is -0.398 e. The summed E-state index contributed by atoms with van der Waals surface area (Å²) in [5.74, 6) is 0. The normalized spacial score (nSPS) is 14.6. The summed E-state index contributed by atoms with van der Waals surface area (Å²) in [5.41, 5.74) is -6.29. The number of aliphatic hydroxyl groups is 2. The summed E-state index contributed by atoms with van der Waals surface area (Å²) in [6.45, 7) is 0. The number of nitrogen functional groups attached to an aromatic ring is 2. The van der Waals surface area contributed by atoms with E-state index in [1.165, 1.54) is 0 Å². The molecule has 0 radical (unpaired) electrons. The number of fused-ring (bicyclic) bond motifs is 2. The van der Waals surface area contributed by atoms with E-state index in [1.54, 1.807) is 0 Å². The molecular weight excluding hydrogens is 528 g/mol. The SMILES string of the molecule is Nc1ccc2cc3c(N)c(C(O)(C(F)(F)F)C(F)(F)F)ccc3cc2c1C(O)(C(F)(F)F)C(F)(F)F. The van der Waals surface area contributed by atoms with Gasteiger partial charge in [-0.25, -0.2) is 0 Å². The smallest absolute Gasteiger partial charge is 0.398 e. The highest BCUT2D eigenvalue weighted by molar-refractivity contribution is 6.06. The third kappa shape index (κ3) is 3.65. The Labute approximate surface area is 191 Å². The molecule has 4 nitrogen and oxygen atoms in total. The molecule has 0 unspecified atom stereocenters. The predicted molar refractivity (Wildman–Crippen MR) is 102 cm³/mol. The van der Waals surface area contributed by atoms with Crippen LogP contribution in [0.4, 0.5) is 64.1 Å². The number of hydrogen-bond acceptors (Lipinski definition) is 4. The van der Waals surface area contributed by atoms with Crippen LogP contribution in [0.2, 0.25) is 0 Å². The Hall–Kier alpha value is -3.14. The van der Waals surface area contributed by atoms with Gasteiger partial charge in [0.15, 0.2) is 0 Å². The predicted octanol–water partition coefficient (Wildman–Crippen LogP) is 5.78. The lowest BCUT2D eigenvalue weighted by Gasteiger charge is -2.34. The van der Waals surface area contributed by atoms with Crippen LogP contribution in [0.3, 0.4) is 0 Å². The van der Waals surface area contributed by atoms with Crippen LogP contribution in [0.5, 0.6) is 0 Å². The van der Waals surface area contributed by atoms with Crippen molar-refractivity contribution >= 4 is 32.9 Å². The monoisotopic (exact) mass is 540 g/mol. The Kier molecular flexibility index (Phi) is 5.85. The molecule has 0 aliphatic heterocycles. The van der Waals surface area contributed by atoms with E-state index in [-0.39, 0.29) is 6.07 Å². The van der Waals surface area contributed by atoms with Crippen molar-refractivity contribution in [1.82, 2.24) is 0 Å². The van der Waals surface area contributed by atoms with Crippen molar-refractivity contribution in [3.05, 3.63) is 47.5 Å². The fraction of sp³-hybridized carbons (Fsp3) is 0.300. The van der Waals surface area contributed by atoms with Crippen LogP contribution in [0, 0.1) is 0 Å². The van der Waals surface area contributed by atoms with Crippen LogP contribution in [-0.4, -0.2) is 34.9 Å². The van der Waals surface area contributed by atoms with Gasteiger partial charge in [-0.3, -0.25) is 0 Å². The van der Waals surface area contributed by atoms with E-state index in [9.17, 15) is 62.9 Å². The topological polar surface area (TPSA) is 92.5 Å². The first-order chi connectivity index (χ1) is 16.0. The molecule has 0 aromatic heterocycles. The van der Waals surface area contributed by atoms with Crippen LogP contribution in [0.15, 0.2) is 36.4 Å². The number of rotatable bonds is 2. The average Bonchev–Trinajstić information content (AvgIpc) is 2.68. The molecular formula is C20H12F12N2O2. The molecule has 0 aliphatic rings. The van der Waals surface area contributed by atoms with Gasteiger partial charge < -0.3 is 21.7 Å². The van der Waals surface area contributed by atoms with Gasteiger partial charge in [0, 0.05) is 27.9 Å². The van der Waals surface area contributed by atoms with Crippen molar-refractivity contribution in [3.8, 4) is 0 Å². The Morgan fingerprint density at radius 1 is 0.528 bits per heavy atom. The maximum absolute atomic E-state index is 13.5. The standard InChI is InChI=1S/C20H12F12N2O2/c21-17(22,23)15(35,18(24,25)26)11-3-1-8-5-9-7(6-10(8)14(11)34)2-4-12(33)13(9)16(36,19(27,28)29)20(30,31)32/h1-6,35-36H,33-34H2. The number of hydrogen-bond donors (Lipinski definition) is 4. The maximum Gasteiger partial charge on any atom is 0.430 e. The summed E-state index contributed by atoms with van der Waals surface area (Å²) >= 11 is 0. The van der Waals surface area contributed by atoms with Crippen molar-refractivity contribution in [2.75, 3.05) is 11.5 Å². The molecule has 3 rings (SSSR count). The van der Waals surface area contributed by atoms with Gasteiger partial charge in [0.2, 0.25) is 0 Å². The Morgan fingerprint density at radius 3 is 1.36 bits per heavy atom. The van der Waals surface area contributed by atoms with Crippen LogP contribution >= 0.6 is 0 Å². The molecule has 6 N–H and O–H groups in total. The molecule has 0 heterocycles. The summed E-state index contributed by atoms with van der Waals surface area (Å²) < 4.78 is 161. The maximum atomic E-state index is 13.5. The van der Waals surface area contributed by atoms with Crippen LogP contribution in [0.1, 0.15) is 11.1 Å². The van der Waals surface area contributed by atoms with Crippen molar-refractivity contribution in [1.29, 1.82) is 0 Å². The van der Waals surface area contributed by atoms with Crippen molar-refractivity contribution in [2.45, 2.75) is 35.9 Å². The Balaban J connectivity index is 2.47. The van der Waals surface area contributed by atoms with E-state index < -0.39 is 80.0 Å². The summed E-state index contributed by atoms with van der Waals surface area (Å²) in [6, 6.07) is 3.01. The second-order valence-corrected chi connectivity index (χ2v) is 7.76. The lowest BCUT2D eigenvalue weighted by Crippen LogP contribution is -2.54. The van der Waals surface area contributed by atoms with Gasteiger partial charge in [0.25, 0.3) is 11.2 Å². The molecule has 16 heteroatoms. The number of anilines is 2. The Morgan fingerprint density at radius 2 is 0.917 bits per heavy atom. The lowest BCUT2D eigenvalue weighted by molar-refractivity contribution is -0.376. The van der Waals surface area contributed by atoms with E-state index >= 15 is 0 Å². The molecule has 0 amide bonds. The van der Waals surface area contributed by atoms with E-state index in [0.29, 0.717) is 24.3 Å². The highest BCUT2D eigenvalue weighted by Crippen LogP contribution is 2.55. The molecule has 0 saturated carbocycles. The van der Waals surface area contributed by atoms with Gasteiger partial charge in [-0.1, -0.05) is 18.2 Å². The van der Waals surface area contributed by atoms with Gasteiger partial charge >= 0.3 is 24.7 Å². The van der Waals surface area contributed by atoms with Gasteiger partial charge in [0.05, 0.1) is 0 Å². The minimum atomic E-state index is -6.35. The zero-order valence-electron chi connectivity index (χ0n) is 17.0. The zero-order valence-corrected chi connectivity index (χ0v) is 17.0. The quantitative estimate of drug-likeness (QED) is 0.188. The second-order valence-electron chi connectivity index (χ2n) is 7.76. The zero-order chi connectivity index (χ0) is 27.9.